The average molecular weight is 448 g/mol. The molecule has 0 aliphatic carbocycles. The quantitative estimate of drug-likeness (QED) is 0.438. The molecule has 33 heavy (non-hydrogen) atoms. The fraction of sp³-hybridized carbons (Fsp3) is 0.0714. The Morgan fingerprint density at radius 2 is 1.27 bits per heavy atom. The van der Waals surface area contributed by atoms with Gasteiger partial charge in [0.25, 0.3) is 5.91 Å². The molecule has 4 aromatic rings. The second-order valence-corrected chi connectivity index (χ2v) is 9.30. The Bertz CT molecular complexity index is 1300. The van der Waals surface area contributed by atoms with Gasteiger partial charge >= 0.3 is 0 Å². The Hall–Kier alpha value is -3.83. The minimum absolute atomic E-state index is 0.0129. The van der Waals surface area contributed by atoms with Gasteiger partial charge in [0.1, 0.15) is 5.04 Å². The molecule has 6 rings (SSSR count). The zero-order valence-corrected chi connectivity index (χ0v) is 18.6. The fourth-order valence-electron chi connectivity index (χ4n) is 4.62. The molecule has 0 saturated heterocycles. The number of anilines is 1. The Morgan fingerprint density at radius 1 is 0.727 bits per heavy atom. The number of nitrogens with zero attached hydrogens (tertiary/aromatic N) is 2. The summed E-state index contributed by atoms with van der Waals surface area (Å²) in [6.07, 6.45) is 0. The molecule has 0 saturated carbocycles. The number of benzene rings is 4. The molecule has 160 valence electrons. The number of hydrazone groups is 1. The predicted molar refractivity (Wildman–Crippen MR) is 134 cm³/mol. The van der Waals surface area contributed by atoms with Gasteiger partial charge in [0.2, 0.25) is 4.87 Å². The summed E-state index contributed by atoms with van der Waals surface area (Å²) in [5, 5.41) is 5.43. The summed E-state index contributed by atoms with van der Waals surface area (Å²) in [5.41, 5.74) is 8.21. The maximum Gasteiger partial charge on any atom is 0.270 e. The van der Waals surface area contributed by atoms with Crippen LogP contribution in [0, 0.1) is 0 Å². The van der Waals surface area contributed by atoms with Gasteiger partial charge in [-0.05, 0) is 17.2 Å². The number of nitrogens with one attached hydrogen (secondary N) is 1. The van der Waals surface area contributed by atoms with Gasteiger partial charge in [-0.15, -0.1) is 0 Å². The van der Waals surface area contributed by atoms with Crippen LogP contribution in [0.3, 0.4) is 0 Å². The normalized spacial score (nSPS) is 19.0. The van der Waals surface area contributed by atoms with E-state index in [4.69, 9.17) is 0 Å². The smallest absolute Gasteiger partial charge is 0.270 e. The van der Waals surface area contributed by atoms with Crippen molar-refractivity contribution in [3.05, 3.63) is 138 Å². The predicted octanol–water partition coefficient (Wildman–Crippen LogP) is 5.67. The van der Waals surface area contributed by atoms with Gasteiger partial charge < -0.3 is 0 Å². The van der Waals surface area contributed by atoms with Crippen molar-refractivity contribution in [3.63, 3.8) is 0 Å². The number of rotatable bonds is 4. The summed E-state index contributed by atoms with van der Waals surface area (Å²) in [7, 11) is 0. The highest BCUT2D eigenvalue weighted by Gasteiger charge is 2.57. The first-order chi connectivity index (χ1) is 16.3. The lowest BCUT2D eigenvalue weighted by Crippen LogP contribution is -2.45. The van der Waals surface area contributed by atoms with E-state index in [9.17, 15) is 4.79 Å². The highest BCUT2D eigenvalue weighted by molar-refractivity contribution is 8.16. The monoisotopic (exact) mass is 447 g/mol. The van der Waals surface area contributed by atoms with Crippen molar-refractivity contribution in [3.8, 4) is 0 Å². The van der Waals surface area contributed by atoms with Gasteiger partial charge in [-0.2, -0.15) is 5.10 Å². The summed E-state index contributed by atoms with van der Waals surface area (Å²) in [6.45, 7) is 0. The number of carbonyl (C=O) groups is 1. The van der Waals surface area contributed by atoms with E-state index in [2.05, 4.69) is 34.8 Å². The molecule has 2 aliphatic rings. The molecule has 0 radical (unpaired) electrons. The first-order valence-electron chi connectivity index (χ1n) is 10.9. The van der Waals surface area contributed by atoms with Crippen molar-refractivity contribution in [1.82, 2.24) is 5.43 Å². The molecular formula is C28H21N3OS. The lowest BCUT2D eigenvalue weighted by molar-refractivity contribution is -0.121. The summed E-state index contributed by atoms with van der Waals surface area (Å²) in [6, 6.07) is 38.2. The minimum Gasteiger partial charge on any atom is -0.297 e. The van der Waals surface area contributed by atoms with Crippen LogP contribution >= 0.6 is 11.8 Å². The molecule has 5 heteroatoms. The highest BCUT2D eigenvalue weighted by Crippen LogP contribution is 2.53. The van der Waals surface area contributed by atoms with Crippen LogP contribution in [-0.4, -0.2) is 11.0 Å². The van der Waals surface area contributed by atoms with E-state index < -0.39 is 4.87 Å². The Labute approximate surface area is 197 Å². The van der Waals surface area contributed by atoms with Crippen molar-refractivity contribution in [2.24, 2.45) is 5.10 Å². The van der Waals surface area contributed by atoms with Crippen molar-refractivity contribution >= 4 is 28.4 Å². The number of hydrogen-bond acceptors (Lipinski definition) is 4. The maximum atomic E-state index is 14.3. The maximum absolute atomic E-state index is 14.3. The van der Waals surface area contributed by atoms with E-state index in [1.54, 1.807) is 0 Å². The lowest BCUT2D eigenvalue weighted by Gasteiger charge is -2.31. The molecule has 1 amide bonds. The first kappa shape index (κ1) is 19.8. The molecule has 2 aliphatic heterocycles. The molecule has 1 N–H and O–H groups in total. The van der Waals surface area contributed by atoms with Gasteiger partial charge in [-0.1, -0.05) is 121 Å². The van der Waals surface area contributed by atoms with E-state index in [-0.39, 0.29) is 11.9 Å². The molecule has 2 heterocycles. The summed E-state index contributed by atoms with van der Waals surface area (Å²) >= 11 is 1.48. The topological polar surface area (TPSA) is 44.7 Å². The van der Waals surface area contributed by atoms with Crippen LogP contribution in [-0.2, 0) is 9.67 Å². The average Bonchev–Trinajstić information content (AvgIpc) is 3.44. The van der Waals surface area contributed by atoms with Crippen LogP contribution in [0.25, 0.3) is 0 Å². The largest absolute Gasteiger partial charge is 0.297 e. The zero-order chi connectivity index (χ0) is 22.3. The second kappa shape index (κ2) is 7.94. The van der Waals surface area contributed by atoms with Crippen LogP contribution in [0.15, 0.2) is 120 Å². The SMILES string of the molecule is O=C1N(C(c2ccccc2)c2ccccc2)c2ccccc2[C@]12NN=C(c1ccccc1)S2. The molecule has 0 unspecified atom stereocenters. The third-order valence-electron chi connectivity index (χ3n) is 6.14. The van der Waals surface area contributed by atoms with Crippen molar-refractivity contribution in [2.45, 2.75) is 10.9 Å². The lowest BCUT2D eigenvalue weighted by atomic mass is 9.97. The highest BCUT2D eigenvalue weighted by atomic mass is 32.2. The van der Waals surface area contributed by atoms with Crippen LogP contribution < -0.4 is 10.3 Å². The summed E-state index contributed by atoms with van der Waals surface area (Å²) in [5.74, 6) is -0.0129. The van der Waals surface area contributed by atoms with Gasteiger partial charge in [0, 0.05) is 11.1 Å². The molecule has 4 aromatic carbocycles. The third kappa shape index (κ3) is 3.16. The summed E-state index contributed by atoms with van der Waals surface area (Å²) in [4.78, 5) is 15.3. The molecule has 0 bridgehead atoms. The molecule has 1 spiro atoms. The van der Waals surface area contributed by atoms with E-state index in [0.29, 0.717) is 0 Å². The standard InChI is InChI=1S/C28H21N3OS/c32-27-28(30-29-26(33-28)22-16-8-3-9-17-22)23-18-10-11-19-24(23)31(27)25(20-12-4-1-5-13-20)21-14-6-2-7-15-21/h1-19,25,30H/t28-/m1/s1. The van der Waals surface area contributed by atoms with E-state index in [1.165, 1.54) is 11.8 Å². The summed E-state index contributed by atoms with van der Waals surface area (Å²) < 4.78 is 0. The number of carbonyl (C=O) groups excluding carboxylic acids is 1. The number of hydrogen-bond donors (Lipinski definition) is 1. The molecule has 0 aromatic heterocycles. The van der Waals surface area contributed by atoms with Gasteiger partial charge in [-0.3, -0.25) is 15.1 Å². The van der Waals surface area contributed by atoms with Crippen LogP contribution in [0.4, 0.5) is 5.69 Å². The van der Waals surface area contributed by atoms with Crippen LogP contribution in [0.5, 0.6) is 0 Å². The van der Waals surface area contributed by atoms with E-state index in [1.807, 2.05) is 95.9 Å². The number of amides is 1. The van der Waals surface area contributed by atoms with E-state index in [0.717, 1.165) is 33.0 Å². The minimum atomic E-state index is -0.983. The van der Waals surface area contributed by atoms with Gasteiger partial charge in [0.15, 0.2) is 0 Å². The van der Waals surface area contributed by atoms with Crippen LogP contribution in [0.2, 0.25) is 0 Å². The van der Waals surface area contributed by atoms with Crippen LogP contribution in [0.1, 0.15) is 28.3 Å². The van der Waals surface area contributed by atoms with Crippen molar-refractivity contribution < 1.29 is 4.79 Å². The molecule has 0 fully saturated rings. The Kier molecular flexibility index (Phi) is 4.77. The Balaban J connectivity index is 1.48. The fourth-order valence-corrected chi connectivity index (χ4v) is 5.82. The first-order valence-corrected chi connectivity index (χ1v) is 11.7. The number of thioether (sulfide) groups is 1. The van der Waals surface area contributed by atoms with Crippen molar-refractivity contribution in [1.29, 1.82) is 0 Å². The number of para-hydroxylation sites is 1. The van der Waals surface area contributed by atoms with Gasteiger partial charge in [0.05, 0.1) is 11.7 Å². The van der Waals surface area contributed by atoms with Gasteiger partial charge in [-0.25, -0.2) is 0 Å². The van der Waals surface area contributed by atoms with Crippen molar-refractivity contribution in [2.75, 3.05) is 4.90 Å². The molecule has 1 atom stereocenters. The third-order valence-corrected chi connectivity index (χ3v) is 7.45. The van der Waals surface area contributed by atoms with E-state index >= 15 is 0 Å². The second-order valence-electron chi connectivity index (χ2n) is 8.09. The number of fused-ring (bicyclic) bond motifs is 2. The Morgan fingerprint density at radius 3 is 1.91 bits per heavy atom. The zero-order valence-electron chi connectivity index (χ0n) is 17.8. The molecule has 4 nitrogen and oxygen atoms in total. The molecular weight excluding hydrogens is 426 g/mol.